The van der Waals surface area contributed by atoms with E-state index in [0.717, 1.165) is 16.2 Å². The maximum absolute atomic E-state index is 13.4. The molecule has 3 aromatic rings. The van der Waals surface area contributed by atoms with Crippen LogP contribution >= 0.6 is 22.9 Å². The van der Waals surface area contributed by atoms with Crippen molar-refractivity contribution in [2.24, 2.45) is 0 Å². The predicted octanol–water partition coefficient (Wildman–Crippen LogP) is 4.17. The fourth-order valence-electron chi connectivity index (χ4n) is 3.18. The van der Waals surface area contributed by atoms with E-state index < -0.39 is 21.8 Å². The summed E-state index contributed by atoms with van der Waals surface area (Å²) in [6, 6.07) is 1.79. The first-order valence-electron chi connectivity index (χ1n) is 9.06. The van der Waals surface area contributed by atoms with Crippen LogP contribution < -0.4 is 19.1 Å². The lowest BCUT2D eigenvalue weighted by molar-refractivity contribution is 0.101. The Kier molecular flexibility index (Phi) is 5.61. The number of sulfonamides is 1. The number of hydrogen-bond acceptors (Lipinski definition) is 9. The van der Waals surface area contributed by atoms with E-state index in [2.05, 4.69) is 5.16 Å². The minimum absolute atomic E-state index is 0.00528. The third-order valence-corrected chi connectivity index (χ3v) is 7.20. The fraction of sp³-hybridized carbons (Fsp3) is 0.211. The second kappa shape index (κ2) is 8.11. The monoisotopic (exact) mass is 497 g/mol. The van der Waals surface area contributed by atoms with Gasteiger partial charge in [0.05, 0.1) is 16.1 Å². The molecule has 0 atom stereocenters. The molecule has 0 aliphatic carbocycles. The van der Waals surface area contributed by atoms with Gasteiger partial charge in [-0.2, -0.15) is 11.3 Å². The Labute approximate surface area is 191 Å². The molecule has 32 heavy (non-hydrogen) atoms. The minimum Gasteiger partial charge on any atom is -0.454 e. The quantitative estimate of drug-likeness (QED) is 0.520. The van der Waals surface area contributed by atoms with Gasteiger partial charge in [0.25, 0.3) is 15.9 Å². The molecule has 1 N–H and O–H groups in total. The van der Waals surface area contributed by atoms with Crippen molar-refractivity contribution in [2.75, 3.05) is 11.7 Å². The molecule has 2 aromatic heterocycles. The third-order valence-electron chi connectivity index (χ3n) is 4.61. The molecule has 0 saturated heterocycles. The van der Waals surface area contributed by atoms with Crippen molar-refractivity contribution in [3.8, 4) is 11.5 Å². The average molecular weight is 498 g/mol. The largest absolute Gasteiger partial charge is 0.454 e. The highest BCUT2D eigenvalue weighted by Crippen LogP contribution is 2.46. The molecule has 3 heterocycles. The highest BCUT2D eigenvalue weighted by molar-refractivity contribution is 7.90. The van der Waals surface area contributed by atoms with E-state index in [1.807, 2.05) is 4.72 Å². The number of thiophene rings is 1. The highest BCUT2D eigenvalue weighted by atomic mass is 35.5. The van der Waals surface area contributed by atoms with Gasteiger partial charge in [-0.25, -0.2) is 22.8 Å². The molecule has 0 fully saturated rings. The summed E-state index contributed by atoms with van der Waals surface area (Å²) < 4.78 is 43.5. The number of ether oxygens (including phenoxy) is 2. The number of hydrogen-bond donors (Lipinski definition) is 1. The van der Waals surface area contributed by atoms with Gasteiger partial charge in [-0.15, -0.1) is 0 Å². The van der Waals surface area contributed by atoms with E-state index >= 15 is 0 Å². The van der Waals surface area contributed by atoms with Gasteiger partial charge in [0.1, 0.15) is 10.7 Å². The summed E-state index contributed by atoms with van der Waals surface area (Å²) in [6.45, 7) is 4.34. The summed E-state index contributed by atoms with van der Waals surface area (Å²) in [5.41, 5.74) is 0.708. The Balaban J connectivity index is 1.92. The molecule has 0 saturated carbocycles. The number of anilines is 2. The Morgan fingerprint density at radius 3 is 2.62 bits per heavy atom. The van der Waals surface area contributed by atoms with E-state index in [-0.39, 0.29) is 45.3 Å². The first-order valence-corrected chi connectivity index (χ1v) is 11.9. The highest BCUT2D eigenvalue weighted by Gasteiger charge is 2.36. The van der Waals surface area contributed by atoms with Crippen molar-refractivity contribution in [1.82, 2.24) is 9.88 Å². The predicted molar refractivity (Wildman–Crippen MR) is 116 cm³/mol. The van der Waals surface area contributed by atoms with Gasteiger partial charge in [0.15, 0.2) is 17.3 Å². The van der Waals surface area contributed by atoms with E-state index in [0.29, 0.717) is 11.3 Å². The summed E-state index contributed by atoms with van der Waals surface area (Å²) in [7, 11) is -4.22. The van der Waals surface area contributed by atoms with Crippen LogP contribution in [0.2, 0.25) is 5.02 Å². The molecule has 13 heteroatoms. The van der Waals surface area contributed by atoms with Crippen molar-refractivity contribution in [3.05, 3.63) is 44.7 Å². The first kappa shape index (κ1) is 22.1. The number of carbonyl (C=O) groups excluding carboxylic acids is 2. The normalized spacial score (nSPS) is 12.6. The molecule has 2 amide bonds. The molecule has 0 bridgehead atoms. The van der Waals surface area contributed by atoms with Crippen LogP contribution in [0.4, 0.5) is 16.4 Å². The van der Waals surface area contributed by atoms with Gasteiger partial charge in [-0.3, -0.25) is 4.79 Å². The maximum atomic E-state index is 13.4. The number of aryl methyl sites for hydroxylation is 2. The summed E-state index contributed by atoms with van der Waals surface area (Å²) in [4.78, 5) is 26.7. The van der Waals surface area contributed by atoms with Crippen LogP contribution in [0.1, 0.15) is 28.5 Å². The molecular weight excluding hydrogens is 482 g/mol. The molecular formula is C19H16ClN3O7S2. The van der Waals surface area contributed by atoms with Crippen molar-refractivity contribution < 1.29 is 32.0 Å². The number of amides is 2. The minimum atomic E-state index is -4.22. The Morgan fingerprint density at radius 2 is 2.03 bits per heavy atom. The Bertz CT molecular complexity index is 1330. The van der Waals surface area contributed by atoms with Crippen molar-refractivity contribution in [3.63, 3.8) is 0 Å². The lowest BCUT2D eigenvalue weighted by Crippen LogP contribution is -2.41. The molecule has 1 aliphatic heterocycles. The van der Waals surface area contributed by atoms with Crippen molar-refractivity contribution >= 4 is 56.3 Å². The SMILES string of the molecule is CC(=O)c1c2c(cc(C)c1N(C(=O)NS(=O)(=O)c1ccsc1)c1onc(C)c1Cl)OCO2. The second-order valence-corrected chi connectivity index (χ2v) is 9.64. The van der Waals surface area contributed by atoms with Crippen LogP contribution in [0.15, 0.2) is 32.3 Å². The van der Waals surface area contributed by atoms with Gasteiger partial charge in [-0.1, -0.05) is 16.8 Å². The van der Waals surface area contributed by atoms with Crippen molar-refractivity contribution in [2.45, 2.75) is 25.7 Å². The number of Topliss-reactive ketones (excluding diaryl/α,β-unsaturated/α-hetero) is 1. The number of nitrogens with zero attached hydrogens (tertiary/aromatic N) is 2. The summed E-state index contributed by atoms with van der Waals surface area (Å²) in [6.07, 6.45) is 0. The zero-order valence-corrected chi connectivity index (χ0v) is 19.4. The molecule has 10 nitrogen and oxygen atoms in total. The van der Waals surface area contributed by atoms with Crippen LogP contribution in [0.25, 0.3) is 0 Å². The number of aromatic nitrogens is 1. The zero-order valence-electron chi connectivity index (χ0n) is 17.0. The van der Waals surface area contributed by atoms with E-state index in [9.17, 15) is 18.0 Å². The third kappa shape index (κ3) is 3.70. The van der Waals surface area contributed by atoms with Crippen LogP contribution in [-0.2, 0) is 10.0 Å². The number of rotatable bonds is 5. The van der Waals surface area contributed by atoms with Crippen molar-refractivity contribution in [1.29, 1.82) is 0 Å². The number of urea groups is 1. The average Bonchev–Trinajstić information content (AvgIpc) is 3.46. The molecule has 1 aromatic carbocycles. The van der Waals surface area contributed by atoms with Crippen LogP contribution in [0.3, 0.4) is 0 Å². The number of nitrogens with one attached hydrogen (secondary N) is 1. The van der Waals surface area contributed by atoms with Crippen LogP contribution in [-0.4, -0.2) is 32.2 Å². The van der Waals surface area contributed by atoms with Gasteiger partial charge in [0.2, 0.25) is 6.79 Å². The number of ketones is 1. The number of benzene rings is 1. The van der Waals surface area contributed by atoms with E-state index in [1.54, 1.807) is 25.3 Å². The topological polar surface area (TPSA) is 128 Å². The van der Waals surface area contributed by atoms with Crippen LogP contribution in [0, 0.1) is 13.8 Å². The molecule has 4 rings (SSSR count). The van der Waals surface area contributed by atoms with Crippen LogP contribution in [0.5, 0.6) is 11.5 Å². The molecule has 0 radical (unpaired) electrons. The lowest BCUT2D eigenvalue weighted by atomic mass is 10.0. The number of carbonyl (C=O) groups is 2. The van der Waals surface area contributed by atoms with Gasteiger partial charge in [0, 0.05) is 5.38 Å². The number of fused-ring (bicyclic) bond motifs is 1. The van der Waals surface area contributed by atoms with Gasteiger partial charge >= 0.3 is 6.03 Å². The molecule has 1 aliphatic rings. The first-order chi connectivity index (χ1) is 15.1. The molecule has 0 spiro atoms. The molecule has 0 unspecified atom stereocenters. The summed E-state index contributed by atoms with van der Waals surface area (Å²) >= 11 is 7.46. The maximum Gasteiger partial charge on any atom is 0.342 e. The van der Waals surface area contributed by atoms with E-state index in [4.69, 9.17) is 25.6 Å². The molecule has 168 valence electrons. The zero-order chi connectivity index (χ0) is 23.2. The summed E-state index contributed by atoms with van der Waals surface area (Å²) in [5.74, 6) is -0.255. The Hall–Kier alpha value is -3.09. The van der Waals surface area contributed by atoms with Gasteiger partial charge < -0.3 is 14.0 Å². The Morgan fingerprint density at radius 1 is 1.28 bits per heavy atom. The second-order valence-electron chi connectivity index (χ2n) is 6.80. The fourth-order valence-corrected chi connectivity index (χ4v) is 5.30. The van der Waals surface area contributed by atoms with Gasteiger partial charge in [-0.05, 0) is 43.8 Å². The summed E-state index contributed by atoms with van der Waals surface area (Å²) in [5, 5.41) is 6.65. The lowest BCUT2D eigenvalue weighted by Gasteiger charge is -2.24. The standard InChI is InChI=1S/C19H16ClN3O7S2/c1-9-6-13-17(29-8-28-13)14(11(3)24)16(9)23(18-15(20)10(2)21-30-18)19(25)22-32(26,27)12-4-5-31-7-12/h4-7H,8H2,1-3H3,(H,22,25). The smallest absolute Gasteiger partial charge is 0.342 e. The number of halogens is 1. The van der Waals surface area contributed by atoms with E-state index in [1.165, 1.54) is 18.4 Å².